The molecule has 39 heavy (non-hydrogen) atoms. The van der Waals surface area contributed by atoms with Crippen LogP contribution in [-0.4, -0.2) is 90.0 Å². The second-order valence-electron chi connectivity index (χ2n) is 7.54. The molecule has 2 amide bonds. The molecule has 0 aliphatic rings. The van der Waals surface area contributed by atoms with Gasteiger partial charge in [-0.25, -0.2) is 0 Å². The van der Waals surface area contributed by atoms with Crippen molar-refractivity contribution in [1.82, 2.24) is 10.6 Å². The molecule has 17 nitrogen and oxygen atoms in total. The molecule has 0 heterocycles. The Labute approximate surface area is 224 Å². The van der Waals surface area contributed by atoms with Crippen LogP contribution in [0.3, 0.4) is 0 Å². The number of ether oxygens (including phenoxy) is 3. The smallest absolute Gasteiger partial charge is 0.251 e. The molecule has 0 aliphatic carbocycles. The van der Waals surface area contributed by atoms with E-state index in [0.29, 0.717) is 6.42 Å². The van der Waals surface area contributed by atoms with Crippen molar-refractivity contribution in [2.75, 3.05) is 72.4 Å². The predicted molar refractivity (Wildman–Crippen MR) is 139 cm³/mol. The number of nitrogens with zero attached hydrogens (tertiary/aromatic N) is 9. The minimum Gasteiger partial charge on any atom is -0.381 e. The lowest BCUT2D eigenvalue weighted by Crippen LogP contribution is -2.30. The number of carbonyl (C=O) groups is 3. The number of hydrogen-bond donors (Lipinski definition) is 2. The zero-order chi connectivity index (χ0) is 28.6. The molecule has 0 saturated heterocycles. The van der Waals surface area contributed by atoms with Crippen molar-refractivity contribution in [3.05, 3.63) is 66.2 Å². The van der Waals surface area contributed by atoms with Gasteiger partial charge in [-0.05, 0) is 41.2 Å². The van der Waals surface area contributed by atoms with E-state index in [2.05, 4.69) is 40.7 Å². The molecule has 0 aromatic heterocycles. The van der Waals surface area contributed by atoms with Crippen LogP contribution in [0, 0.1) is 0 Å². The van der Waals surface area contributed by atoms with Crippen molar-refractivity contribution in [3.8, 4) is 0 Å². The molecule has 1 aromatic rings. The first-order chi connectivity index (χ1) is 19.0. The van der Waals surface area contributed by atoms with Gasteiger partial charge in [-0.1, -0.05) is 15.3 Å². The maximum Gasteiger partial charge on any atom is 0.251 e. The molecule has 0 aliphatic heterocycles. The lowest BCUT2D eigenvalue weighted by molar-refractivity contribution is 0.0919. The number of carbonyl (C=O) groups excluding carboxylic acids is 3. The van der Waals surface area contributed by atoms with Gasteiger partial charge in [-0.2, -0.15) is 0 Å². The fourth-order valence-corrected chi connectivity index (χ4v) is 2.96. The van der Waals surface area contributed by atoms with E-state index >= 15 is 0 Å². The molecule has 0 atom stereocenters. The van der Waals surface area contributed by atoms with Gasteiger partial charge >= 0.3 is 0 Å². The van der Waals surface area contributed by atoms with Crippen molar-refractivity contribution >= 4 is 17.6 Å². The van der Waals surface area contributed by atoms with Gasteiger partial charge < -0.3 is 24.8 Å². The Morgan fingerprint density at radius 1 is 0.641 bits per heavy atom. The van der Waals surface area contributed by atoms with Crippen LogP contribution in [0.4, 0.5) is 0 Å². The molecule has 1 aromatic carbocycles. The van der Waals surface area contributed by atoms with Gasteiger partial charge in [0.1, 0.15) is 0 Å². The quantitative estimate of drug-likeness (QED) is 0.0727. The topological polar surface area (TPSA) is 249 Å². The van der Waals surface area contributed by atoms with Gasteiger partial charge in [0.15, 0.2) is 5.78 Å². The summed E-state index contributed by atoms with van der Waals surface area (Å²) in [5.74, 6) is -1.28. The molecule has 210 valence electrons. The van der Waals surface area contributed by atoms with Crippen LogP contribution in [0.1, 0.15) is 43.9 Å². The van der Waals surface area contributed by atoms with E-state index in [1.165, 1.54) is 18.2 Å². The summed E-state index contributed by atoms with van der Waals surface area (Å²) in [7, 11) is 0. The lowest BCUT2D eigenvalue weighted by Gasteiger charge is -2.11. The maximum atomic E-state index is 12.8. The Bertz CT molecular complexity index is 935. The third kappa shape index (κ3) is 15.5. The van der Waals surface area contributed by atoms with Crippen molar-refractivity contribution in [2.24, 2.45) is 15.3 Å². The van der Waals surface area contributed by atoms with Crippen LogP contribution in [0.15, 0.2) is 33.5 Å². The van der Waals surface area contributed by atoms with Gasteiger partial charge in [0.2, 0.25) is 0 Å². The number of benzene rings is 1. The van der Waals surface area contributed by atoms with Crippen LogP contribution in [0.2, 0.25) is 0 Å². The SMILES string of the molecule is [N-]=[N+]=NCCOCCCC(=O)c1cc(C(=O)NCCOCCN=[N+]=[N-])cc(C(=O)NCCOCCN=[N+]=[N-])c1. The summed E-state index contributed by atoms with van der Waals surface area (Å²) in [5.41, 5.74) is 25.2. The highest BCUT2D eigenvalue weighted by Crippen LogP contribution is 2.14. The van der Waals surface area contributed by atoms with E-state index in [0.717, 1.165) is 0 Å². The summed E-state index contributed by atoms with van der Waals surface area (Å²) in [6.07, 6.45) is 0.513. The van der Waals surface area contributed by atoms with Crippen LogP contribution in [0.5, 0.6) is 0 Å². The highest BCUT2D eigenvalue weighted by Gasteiger charge is 2.16. The molecule has 2 N–H and O–H groups in total. The average molecular weight is 546 g/mol. The van der Waals surface area contributed by atoms with E-state index in [1.54, 1.807) is 0 Å². The van der Waals surface area contributed by atoms with Gasteiger partial charge in [-0.15, -0.1) is 0 Å². The summed E-state index contributed by atoms with van der Waals surface area (Å²) in [5, 5.41) is 15.3. The van der Waals surface area contributed by atoms with Gasteiger partial charge in [0.05, 0.1) is 33.0 Å². The summed E-state index contributed by atoms with van der Waals surface area (Å²) in [4.78, 5) is 46.1. The summed E-state index contributed by atoms with van der Waals surface area (Å²) in [6, 6.07) is 4.21. The molecule has 0 bridgehead atoms. The average Bonchev–Trinajstić information content (AvgIpc) is 2.95. The molecule has 0 radical (unpaired) electrons. The second-order valence-corrected chi connectivity index (χ2v) is 7.54. The van der Waals surface area contributed by atoms with Gasteiger partial charge in [0.25, 0.3) is 11.8 Å². The Morgan fingerprint density at radius 3 is 1.49 bits per heavy atom. The molecular weight excluding hydrogens is 514 g/mol. The third-order valence-corrected chi connectivity index (χ3v) is 4.73. The Morgan fingerprint density at radius 2 is 1.05 bits per heavy atom. The minimum atomic E-state index is -0.500. The molecule has 0 unspecified atom stereocenters. The monoisotopic (exact) mass is 545 g/mol. The normalized spacial score (nSPS) is 9.95. The molecule has 17 heteroatoms. The first-order valence-corrected chi connectivity index (χ1v) is 12.0. The number of nitrogens with one attached hydrogen (secondary N) is 2. The Hall–Kier alpha value is -4.36. The van der Waals surface area contributed by atoms with Crippen LogP contribution in [-0.2, 0) is 14.2 Å². The standard InChI is InChI=1S/C22H31N11O6/c23-31-28-5-11-37-8-1-2-20(34)17-14-18(21(35)26-3-9-38-12-6-29-32-24)16-19(15-17)22(36)27-4-10-39-13-7-30-33-25/h14-16H,1-13H2,(H,26,35)(H,27,36). The zero-order valence-electron chi connectivity index (χ0n) is 21.4. The molecular formula is C22H31N11O6. The molecule has 1 rings (SSSR count). The molecule has 0 saturated carbocycles. The van der Waals surface area contributed by atoms with E-state index in [-0.39, 0.29) is 101 Å². The van der Waals surface area contributed by atoms with E-state index in [1.807, 2.05) is 0 Å². The van der Waals surface area contributed by atoms with E-state index in [9.17, 15) is 14.4 Å². The highest BCUT2D eigenvalue weighted by molar-refractivity contribution is 6.05. The van der Waals surface area contributed by atoms with Crippen molar-refractivity contribution in [1.29, 1.82) is 0 Å². The fraction of sp³-hybridized carbons (Fsp3) is 0.591. The lowest BCUT2D eigenvalue weighted by atomic mass is 9.99. The van der Waals surface area contributed by atoms with Crippen LogP contribution >= 0.6 is 0 Å². The summed E-state index contributed by atoms with van der Waals surface area (Å²) < 4.78 is 15.8. The Balaban J connectivity index is 2.78. The van der Waals surface area contributed by atoms with Crippen LogP contribution in [0.25, 0.3) is 31.3 Å². The number of hydrogen-bond acceptors (Lipinski definition) is 9. The minimum absolute atomic E-state index is 0.117. The first kappa shape index (κ1) is 32.7. The van der Waals surface area contributed by atoms with Crippen molar-refractivity contribution in [3.63, 3.8) is 0 Å². The first-order valence-electron chi connectivity index (χ1n) is 12.0. The second kappa shape index (κ2) is 21.7. The third-order valence-electron chi connectivity index (χ3n) is 4.73. The largest absolute Gasteiger partial charge is 0.381 e. The van der Waals surface area contributed by atoms with Crippen molar-refractivity contribution < 1.29 is 28.6 Å². The van der Waals surface area contributed by atoms with Gasteiger partial charge in [0, 0.05) is 77.2 Å². The number of azide groups is 3. The van der Waals surface area contributed by atoms with Crippen molar-refractivity contribution in [2.45, 2.75) is 12.8 Å². The zero-order valence-corrected chi connectivity index (χ0v) is 21.4. The highest BCUT2D eigenvalue weighted by atomic mass is 16.5. The van der Waals surface area contributed by atoms with E-state index in [4.69, 9.17) is 30.8 Å². The Kier molecular flexibility index (Phi) is 18.2. The number of ketones is 1. The molecule has 0 fully saturated rings. The molecule has 0 spiro atoms. The maximum absolute atomic E-state index is 12.8. The summed E-state index contributed by atoms with van der Waals surface area (Å²) >= 11 is 0. The number of rotatable bonds is 22. The van der Waals surface area contributed by atoms with E-state index < -0.39 is 11.8 Å². The van der Waals surface area contributed by atoms with Crippen LogP contribution < -0.4 is 10.6 Å². The number of amides is 2. The number of Topliss-reactive ketones (excluding diaryl/α,β-unsaturated/α-hetero) is 1. The summed E-state index contributed by atoms with van der Waals surface area (Å²) in [6.45, 7) is 2.15. The predicted octanol–water partition coefficient (Wildman–Crippen LogP) is 3.09. The fourth-order valence-electron chi connectivity index (χ4n) is 2.96. The van der Waals surface area contributed by atoms with Gasteiger partial charge in [-0.3, -0.25) is 14.4 Å².